The van der Waals surface area contributed by atoms with Gasteiger partial charge in [-0.25, -0.2) is 14.5 Å². The van der Waals surface area contributed by atoms with Gasteiger partial charge in [-0.15, -0.1) is 10.2 Å². The van der Waals surface area contributed by atoms with Crippen LogP contribution in [0.2, 0.25) is 0 Å². The maximum atomic E-state index is 10.9. The van der Waals surface area contributed by atoms with Gasteiger partial charge in [-0.2, -0.15) is 5.10 Å². The average Bonchev–Trinajstić information content (AvgIpc) is 2.99. The molecule has 3 heterocycles. The zero-order valence-electron chi connectivity index (χ0n) is 9.13. The summed E-state index contributed by atoms with van der Waals surface area (Å²) in [5.41, 5.74) is 0.775. The SMILES string of the molecule is O=C(O)c1ccc2nnc(Cn3cncn3)n2c1. The molecular weight excluding hydrogens is 236 g/mol. The van der Waals surface area contributed by atoms with E-state index in [9.17, 15) is 4.79 Å². The van der Waals surface area contributed by atoms with E-state index < -0.39 is 5.97 Å². The number of carboxylic acid groups (broad SMARTS) is 1. The van der Waals surface area contributed by atoms with Crippen LogP contribution in [0.15, 0.2) is 31.0 Å². The van der Waals surface area contributed by atoms with Gasteiger partial charge in [0.15, 0.2) is 11.5 Å². The largest absolute Gasteiger partial charge is 0.478 e. The lowest BCUT2D eigenvalue weighted by molar-refractivity contribution is 0.0696. The molecule has 8 nitrogen and oxygen atoms in total. The summed E-state index contributed by atoms with van der Waals surface area (Å²) in [5, 5.41) is 20.9. The molecule has 0 aliphatic carbocycles. The van der Waals surface area contributed by atoms with Crippen molar-refractivity contribution in [1.29, 1.82) is 0 Å². The van der Waals surface area contributed by atoms with Gasteiger partial charge in [0.2, 0.25) is 0 Å². The molecular formula is C10H8N6O2. The lowest BCUT2D eigenvalue weighted by Gasteiger charge is -2.01. The fourth-order valence-corrected chi connectivity index (χ4v) is 1.63. The minimum atomic E-state index is -0.989. The van der Waals surface area contributed by atoms with Crippen LogP contribution >= 0.6 is 0 Å². The van der Waals surface area contributed by atoms with Gasteiger partial charge in [-0.3, -0.25) is 4.40 Å². The van der Waals surface area contributed by atoms with E-state index in [0.29, 0.717) is 18.0 Å². The van der Waals surface area contributed by atoms with Gasteiger partial charge in [-0.1, -0.05) is 0 Å². The van der Waals surface area contributed by atoms with Crippen LogP contribution in [0, 0.1) is 0 Å². The fraction of sp³-hybridized carbons (Fsp3) is 0.100. The van der Waals surface area contributed by atoms with Crippen LogP contribution in [0.3, 0.4) is 0 Å². The first kappa shape index (κ1) is 10.4. The molecule has 0 atom stereocenters. The molecule has 0 saturated carbocycles. The molecule has 3 aromatic rings. The molecule has 0 aliphatic rings. The minimum Gasteiger partial charge on any atom is -0.478 e. The van der Waals surface area contributed by atoms with Crippen molar-refractivity contribution in [3.63, 3.8) is 0 Å². The van der Waals surface area contributed by atoms with E-state index in [1.807, 2.05) is 0 Å². The normalized spacial score (nSPS) is 10.9. The Kier molecular flexibility index (Phi) is 2.26. The van der Waals surface area contributed by atoms with Crippen LogP contribution in [0.1, 0.15) is 16.2 Å². The monoisotopic (exact) mass is 244 g/mol. The third-order valence-corrected chi connectivity index (χ3v) is 2.49. The molecule has 3 rings (SSSR count). The third kappa shape index (κ3) is 1.69. The number of nitrogens with zero attached hydrogens (tertiary/aromatic N) is 6. The van der Waals surface area contributed by atoms with Crippen molar-refractivity contribution >= 4 is 11.6 Å². The number of carbonyl (C=O) groups is 1. The van der Waals surface area contributed by atoms with Gasteiger partial charge in [0.25, 0.3) is 0 Å². The molecule has 18 heavy (non-hydrogen) atoms. The number of aromatic nitrogens is 6. The number of aromatic carboxylic acids is 1. The molecule has 3 aromatic heterocycles. The molecule has 90 valence electrons. The Morgan fingerprint density at radius 3 is 2.94 bits per heavy atom. The Morgan fingerprint density at radius 2 is 2.22 bits per heavy atom. The molecule has 1 N–H and O–H groups in total. The summed E-state index contributed by atoms with van der Waals surface area (Å²) >= 11 is 0. The smallest absolute Gasteiger partial charge is 0.337 e. The summed E-state index contributed by atoms with van der Waals surface area (Å²) in [6.45, 7) is 0.379. The maximum Gasteiger partial charge on any atom is 0.337 e. The van der Waals surface area contributed by atoms with Crippen LogP contribution in [0.5, 0.6) is 0 Å². The Bertz CT molecular complexity index is 702. The average molecular weight is 244 g/mol. The van der Waals surface area contributed by atoms with Gasteiger partial charge in [0.05, 0.1) is 5.56 Å². The van der Waals surface area contributed by atoms with Crippen molar-refractivity contribution in [2.45, 2.75) is 6.54 Å². The molecule has 0 aromatic carbocycles. The lowest BCUT2D eigenvalue weighted by Crippen LogP contribution is -2.06. The summed E-state index contributed by atoms with van der Waals surface area (Å²) in [7, 11) is 0. The number of carboxylic acids is 1. The summed E-state index contributed by atoms with van der Waals surface area (Å²) in [5.74, 6) is -0.393. The first-order valence-corrected chi connectivity index (χ1v) is 5.13. The van der Waals surface area contributed by atoms with Crippen molar-refractivity contribution in [2.75, 3.05) is 0 Å². The molecule has 0 saturated heterocycles. The van der Waals surface area contributed by atoms with Crippen LogP contribution in [-0.2, 0) is 6.54 Å². The molecule has 0 unspecified atom stereocenters. The summed E-state index contributed by atoms with van der Waals surface area (Å²) in [6.07, 6.45) is 4.47. The van der Waals surface area contributed by atoms with E-state index in [-0.39, 0.29) is 5.56 Å². The zero-order chi connectivity index (χ0) is 12.5. The minimum absolute atomic E-state index is 0.183. The van der Waals surface area contributed by atoms with E-state index in [0.717, 1.165) is 0 Å². The Labute approximate surface area is 101 Å². The number of hydrogen-bond acceptors (Lipinski definition) is 5. The maximum absolute atomic E-state index is 10.9. The highest BCUT2D eigenvalue weighted by atomic mass is 16.4. The fourth-order valence-electron chi connectivity index (χ4n) is 1.63. The van der Waals surface area contributed by atoms with Crippen LogP contribution in [0.25, 0.3) is 5.65 Å². The number of rotatable bonds is 3. The molecule has 0 fully saturated rings. The summed E-state index contributed by atoms with van der Waals surface area (Å²) in [6, 6.07) is 3.10. The highest BCUT2D eigenvalue weighted by Gasteiger charge is 2.09. The van der Waals surface area contributed by atoms with Crippen LogP contribution < -0.4 is 0 Å². The Hall–Kier alpha value is -2.77. The van der Waals surface area contributed by atoms with Gasteiger partial charge >= 0.3 is 5.97 Å². The predicted octanol–water partition coefficient (Wildman–Crippen LogP) is 0.0673. The van der Waals surface area contributed by atoms with Crippen LogP contribution in [-0.4, -0.2) is 40.4 Å². The van der Waals surface area contributed by atoms with Crippen LogP contribution in [0.4, 0.5) is 0 Å². The van der Waals surface area contributed by atoms with E-state index in [1.165, 1.54) is 18.6 Å². The molecule has 0 radical (unpaired) electrons. The van der Waals surface area contributed by atoms with Crippen molar-refractivity contribution in [3.05, 3.63) is 42.4 Å². The zero-order valence-corrected chi connectivity index (χ0v) is 9.13. The first-order valence-electron chi connectivity index (χ1n) is 5.13. The lowest BCUT2D eigenvalue weighted by atomic mass is 10.3. The van der Waals surface area contributed by atoms with Gasteiger partial charge in [0, 0.05) is 6.20 Å². The molecule has 0 aliphatic heterocycles. The second-order valence-electron chi connectivity index (χ2n) is 3.66. The number of pyridine rings is 1. The Morgan fingerprint density at radius 1 is 1.33 bits per heavy atom. The molecule has 0 amide bonds. The summed E-state index contributed by atoms with van der Waals surface area (Å²) < 4.78 is 3.22. The highest BCUT2D eigenvalue weighted by Crippen LogP contribution is 2.08. The standard InChI is InChI=1S/C10H8N6O2/c17-10(18)7-1-2-8-13-14-9(16(8)3-7)4-15-6-11-5-12-15/h1-3,5-6H,4H2,(H,17,18). The quantitative estimate of drug-likeness (QED) is 0.699. The third-order valence-electron chi connectivity index (χ3n) is 2.49. The van der Waals surface area contributed by atoms with Gasteiger partial charge in [-0.05, 0) is 12.1 Å². The first-order chi connectivity index (χ1) is 8.74. The predicted molar refractivity (Wildman–Crippen MR) is 59.1 cm³/mol. The van der Waals surface area contributed by atoms with Gasteiger partial charge in [0.1, 0.15) is 19.2 Å². The van der Waals surface area contributed by atoms with Gasteiger partial charge < -0.3 is 5.11 Å². The second-order valence-corrected chi connectivity index (χ2v) is 3.66. The number of fused-ring (bicyclic) bond motifs is 1. The highest BCUT2D eigenvalue weighted by molar-refractivity contribution is 5.87. The van der Waals surface area contributed by atoms with E-state index in [2.05, 4.69) is 20.3 Å². The molecule has 0 spiro atoms. The molecule has 0 bridgehead atoms. The summed E-state index contributed by atoms with van der Waals surface area (Å²) in [4.78, 5) is 14.7. The topological polar surface area (TPSA) is 98.2 Å². The second kappa shape index (κ2) is 3.91. The Balaban J connectivity index is 2.06. The molecule has 8 heteroatoms. The number of hydrogen-bond donors (Lipinski definition) is 1. The van der Waals surface area contributed by atoms with E-state index in [1.54, 1.807) is 21.5 Å². The van der Waals surface area contributed by atoms with Crippen molar-refractivity contribution in [2.24, 2.45) is 0 Å². The van der Waals surface area contributed by atoms with E-state index in [4.69, 9.17) is 5.11 Å². The van der Waals surface area contributed by atoms with Crippen molar-refractivity contribution < 1.29 is 9.90 Å². The van der Waals surface area contributed by atoms with Crippen molar-refractivity contribution in [1.82, 2.24) is 29.4 Å². The van der Waals surface area contributed by atoms with Crippen molar-refractivity contribution in [3.8, 4) is 0 Å². The van der Waals surface area contributed by atoms with E-state index >= 15 is 0 Å².